The van der Waals surface area contributed by atoms with Gasteiger partial charge in [0.1, 0.15) is 13.2 Å². The van der Waals surface area contributed by atoms with E-state index < -0.39 is 24.3 Å². The lowest BCUT2D eigenvalue weighted by molar-refractivity contribution is -0.870. The molecule has 0 heterocycles. The monoisotopic (exact) mass is 1120 g/mol. The zero-order chi connectivity index (χ0) is 58.3. The number of quaternary nitrogens is 1. The van der Waals surface area contributed by atoms with E-state index in [1.54, 1.807) is 0 Å². The number of hydrogen-bond donors (Lipinski definition) is 0. The summed E-state index contributed by atoms with van der Waals surface area (Å²) in [6, 6.07) is 0. The molecule has 9 nitrogen and oxygen atoms in total. The van der Waals surface area contributed by atoms with Gasteiger partial charge in [0.05, 0.1) is 40.3 Å². The van der Waals surface area contributed by atoms with Crippen molar-refractivity contribution in [1.29, 1.82) is 0 Å². The number of rotatable bonds is 62. The molecule has 0 N–H and O–H groups in total. The molecule has 0 aliphatic rings. The molecule has 0 radical (unpaired) electrons. The van der Waals surface area contributed by atoms with Crippen molar-refractivity contribution in [3.63, 3.8) is 0 Å². The first-order valence-corrected chi connectivity index (χ1v) is 33.6. The summed E-state index contributed by atoms with van der Waals surface area (Å²) in [5.41, 5.74) is 0. The van der Waals surface area contributed by atoms with Crippen LogP contribution < -0.4 is 5.11 Å². The van der Waals surface area contributed by atoms with E-state index >= 15 is 0 Å². The van der Waals surface area contributed by atoms with Crippen LogP contribution in [0.4, 0.5) is 0 Å². The van der Waals surface area contributed by atoms with Crippen LogP contribution in [0.15, 0.2) is 72.9 Å². The van der Waals surface area contributed by atoms with E-state index in [2.05, 4.69) is 86.8 Å². The predicted octanol–water partition coefficient (Wildman–Crippen LogP) is 19.2. The molecule has 0 saturated carbocycles. The van der Waals surface area contributed by atoms with Crippen LogP contribution >= 0.6 is 0 Å². The average molecular weight is 1120 g/mol. The van der Waals surface area contributed by atoms with Crippen molar-refractivity contribution in [2.45, 2.75) is 315 Å². The van der Waals surface area contributed by atoms with Crippen LogP contribution in [0.3, 0.4) is 0 Å². The summed E-state index contributed by atoms with van der Waals surface area (Å²) in [6.07, 6.45) is 78.6. The molecule has 0 spiro atoms. The second-order valence-corrected chi connectivity index (χ2v) is 23.7. The number of unbranched alkanes of at least 4 members (excludes halogenated alkanes) is 35. The maximum absolute atomic E-state index is 12.9. The number of likely N-dealkylation sites (N-methyl/N-ethyl adjacent to an activating group) is 1. The minimum Gasteiger partial charge on any atom is -0.545 e. The lowest BCUT2D eigenvalue weighted by Crippen LogP contribution is -2.44. The first kappa shape index (κ1) is 76.7. The largest absolute Gasteiger partial charge is 0.545 e. The van der Waals surface area contributed by atoms with Gasteiger partial charge >= 0.3 is 11.9 Å². The number of hydrogen-bond acceptors (Lipinski definition) is 8. The summed E-state index contributed by atoms with van der Waals surface area (Å²) in [7, 11) is 5.91. The second kappa shape index (κ2) is 61.8. The Labute approximate surface area is 494 Å². The van der Waals surface area contributed by atoms with Crippen LogP contribution in [0.2, 0.25) is 0 Å². The summed E-state index contributed by atoms with van der Waals surface area (Å²) in [5.74, 6) is -2.33. The molecule has 0 amide bonds. The summed E-state index contributed by atoms with van der Waals surface area (Å²) in [6.45, 7) is 4.62. The number of carbonyl (C=O) groups excluding carboxylic acids is 3. The molecule has 0 aliphatic heterocycles. The quantitative estimate of drug-likeness (QED) is 0.0195. The van der Waals surface area contributed by atoms with E-state index in [0.717, 1.165) is 70.6 Å². The van der Waals surface area contributed by atoms with E-state index in [9.17, 15) is 19.5 Å². The van der Waals surface area contributed by atoms with Gasteiger partial charge in [-0.2, -0.15) is 0 Å². The third kappa shape index (κ3) is 62.3. The Kier molecular flexibility index (Phi) is 59.3. The van der Waals surface area contributed by atoms with Gasteiger partial charge in [-0.05, 0) is 64.2 Å². The number of esters is 2. The molecular formula is C71H127NO8. The lowest BCUT2D eigenvalue weighted by atomic mass is 10.0. The molecule has 2 unspecified atom stereocenters. The summed E-state index contributed by atoms with van der Waals surface area (Å²) in [4.78, 5) is 37.4. The molecular weight excluding hydrogens is 995 g/mol. The fourth-order valence-electron chi connectivity index (χ4n) is 9.60. The van der Waals surface area contributed by atoms with Crippen LogP contribution in [0.1, 0.15) is 303 Å². The molecule has 0 bridgehead atoms. The number of carboxylic acid groups (broad SMARTS) is 1. The fourth-order valence-corrected chi connectivity index (χ4v) is 9.60. The Hall–Kier alpha value is -3.27. The van der Waals surface area contributed by atoms with E-state index in [1.807, 2.05) is 21.1 Å². The standard InChI is InChI=1S/C71H127NO8/c1-6-8-10-12-14-16-18-20-22-24-26-28-29-30-31-32-33-34-35-36-37-38-39-40-42-43-45-47-49-51-53-55-57-59-61-68(73)78-65-67(66-79-71(70(75)76)77-64-63-72(3,4)5)80-69(74)62-60-58-56-54-52-50-48-46-44-41-27-25-23-21-19-17-15-13-11-9-7-2/h9,11,15,17,21,23,27,41,46,48,52,54,67,71H,6-8,10,12-14,16,18-20,22,24-26,28-40,42-45,47,49-51,53,55-66H2,1-5H3/b11-9-,17-15-,23-21-,41-27-,48-46-,54-52-. The number of allylic oxidation sites excluding steroid dienone is 12. The van der Waals surface area contributed by atoms with Gasteiger partial charge in [-0.25, -0.2) is 0 Å². The molecule has 80 heavy (non-hydrogen) atoms. The normalized spacial score (nSPS) is 13.2. The molecule has 0 aliphatic carbocycles. The highest BCUT2D eigenvalue weighted by Crippen LogP contribution is 2.18. The van der Waals surface area contributed by atoms with Gasteiger partial charge in [0, 0.05) is 12.8 Å². The van der Waals surface area contributed by atoms with Gasteiger partial charge < -0.3 is 33.3 Å². The highest BCUT2D eigenvalue weighted by molar-refractivity contribution is 5.70. The highest BCUT2D eigenvalue weighted by Gasteiger charge is 2.22. The van der Waals surface area contributed by atoms with Gasteiger partial charge in [0.25, 0.3) is 0 Å². The first-order chi connectivity index (χ1) is 39.1. The van der Waals surface area contributed by atoms with Crippen LogP contribution in [-0.4, -0.2) is 82.3 Å². The highest BCUT2D eigenvalue weighted by atomic mass is 16.7. The Morgan fingerprint density at radius 3 is 1.06 bits per heavy atom. The first-order valence-electron chi connectivity index (χ1n) is 33.6. The van der Waals surface area contributed by atoms with Crippen molar-refractivity contribution in [3.8, 4) is 0 Å². The molecule has 0 aromatic rings. The Balaban J connectivity index is 4.10. The predicted molar refractivity (Wildman–Crippen MR) is 338 cm³/mol. The maximum Gasteiger partial charge on any atom is 0.306 e. The lowest BCUT2D eigenvalue weighted by Gasteiger charge is -2.26. The van der Waals surface area contributed by atoms with Crippen LogP contribution in [-0.2, 0) is 33.3 Å². The van der Waals surface area contributed by atoms with Gasteiger partial charge in [-0.3, -0.25) is 9.59 Å². The summed E-state index contributed by atoms with van der Waals surface area (Å²) < 4.78 is 22.7. The second-order valence-electron chi connectivity index (χ2n) is 23.7. The minimum atomic E-state index is -1.64. The smallest absolute Gasteiger partial charge is 0.306 e. The maximum atomic E-state index is 12.9. The van der Waals surface area contributed by atoms with Crippen molar-refractivity contribution >= 4 is 17.9 Å². The van der Waals surface area contributed by atoms with E-state index in [4.69, 9.17) is 18.9 Å². The molecule has 0 rings (SSSR count). The fraction of sp³-hybridized carbons (Fsp3) is 0.789. The third-order valence-corrected chi connectivity index (χ3v) is 14.7. The van der Waals surface area contributed by atoms with Gasteiger partial charge in [-0.15, -0.1) is 0 Å². The zero-order valence-electron chi connectivity index (χ0n) is 52.9. The molecule has 0 aromatic carbocycles. The molecule has 0 fully saturated rings. The van der Waals surface area contributed by atoms with E-state index in [1.165, 1.54) is 199 Å². The Bertz CT molecular complexity index is 1540. The number of aliphatic carboxylic acids is 1. The minimum absolute atomic E-state index is 0.137. The van der Waals surface area contributed by atoms with Crippen molar-refractivity contribution in [2.75, 3.05) is 47.5 Å². The van der Waals surface area contributed by atoms with Crippen molar-refractivity contribution in [3.05, 3.63) is 72.9 Å². The van der Waals surface area contributed by atoms with Crippen LogP contribution in [0.5, 0.6) is 0 Å². The molecule has 2 atom stereocenters. The van der Waals surface area contributed by atoms with Gasteiger partial charge in [0.15, 0.2) is 12.4 Å². The van der Waals surface area contributed by atoms with Gasteiger partial charge in [0.2, 0.25) is 0 Å². The van der Waals surface area contributed by atoms with E-state index in [0.29, 0.717) is 17.4 Å². The molecule has 464 valence electrons. The van der Waals surface area contributed by atoms with Crippen molar-refractivity contribution in [2.24, 2.45) is 0 Å². The summed E-state index contributed by atoms with van der Waals surface area (Å²) >= 11 is 0. The Morgan fingerprint density at radius 1 is 0.388 bits per heavy atom. The Morgan fingerprint density at radius 2 is 0.713 bits per heavy atom. The number of carboxylic acids is 1. The molecule has 0 aromatic heterocycles. The average Bonchev–Trinajstić information content (AvgIpc) is 3.43. The van der Waals surface area contributed by atoms with Crippen molar-refractivity contribution in [1.82, 2.24) is 0 Å². The number of carbonyl (C=O) groups is 3. The van der Waals surface area contributed by atoms with Gasteiger partial charge in [-0.1, -0.05) is 299 Å². The van der Waals surface area contributed by atoms with Crippen molar-refractivity contribution < 1.29 is 42.9 Å². The topological polar surface area (TPSA) is 111 Å². The number of nitrogens with zero attached hydrogens (tertiary/aromatic N) is 1. The molecule has 0 saturated heterocycles. The zero-order valence-corrected chi connectivity index (χ0v) is 52.9. The molecule has 9 heteroatoms. The third-order valence-electron chi connectivity index (χ3n) is 14.7. The van der Waals surface area contributed by atoms with Crippen LogP contribution in [0, 0.1) is 0 Å². The number of ether oxygens (including phenoxy) is 4. The van der Waals surface area contributed by atoms with Crippen LogP contribution in [0.25, 0.3) is 0 Å². The summed E-state index contributed by atoms with van der Waals surface area (Å²) in [5, 5.41) is 11.8. The SMILES string of the molecule is CC/C=C\C/C=C\C/C=C\C/C=C\C/C=C\C/C=C\CCCCC(=O)OC(COC(=O)CCCCCCCCCCCCCCCCCCCCCCCCCCCCCCCCCCCC)COC(OCC[N+](C)(C)C)C(=O)[O-]. The van der Waals surface area contributed by atoms with E-state index in [-0.39, 0.29) is 38.6 Å².